The molecular weight excluding hydrogens is 359 g/mol. The summed E-state index contributed by atoms with van der Waals surface area (Å²) in [5.41, 5.74) is 3.34. The van der Waals surface area contributed by atoms with Crippen LogP contribution < -0.4 is 0 Å². The molecule has 0 N–H and O–H groups in total. The van der Waals surface area contributed by atoms with Crippen molar-refractivity contribution in [2.24, 2.45) is 16.1 Å². The molecule has 0 heterocycles. The second-order valence-corrected chi connectivity index (χ2v) is 8.27. The van der Waals surface area contributed by atoms with Gasteiger partial charge in [0.1, 0.15) is 5.82 Å². The second kappa shape index (κ2) is 11.6. The van der Waals surface area contributed by atoms with Gasteiger partial charge in [-0.05, 0) is 66.3 Å². The van der Waals surface area contributed by atoms with Crippen LogP contribution in [0.3, 0.4) is 0 Å². The maximum absolute atomic E-state index is 12.9. The molecule has 1 fully saturated rings. The van der Waals surface area contributed by atoms with Crippen LogP contribution in [0.2, 0.25) is 0 Å². The van der Waals surface area contributed by atoms with Crippen LogP contribution in [-0.4, -0.2) is 12.4 Å². The van der Waals surface area contributed by atoms with E-state index in [4.69, 9.17) is 0 Å². The summed E-state index contributed by atoms with van der Waals surface area (Å²) in [6.45, 7) is 2.28. The summed E-state index contributed by atoms with van der Waals surface area (Å²) in [6, 6.07) is 15.0. The zero-order valence-corrected chi connectivity index (χ0v) is 17.6. The van der Waals surface area contributed by atoms with Gasteiger partial charge < -0.3 is 0 Å². The fraction of sp³-hybridized carbons (Fsp3) is 0.462. The molecule has 1 aliphatic carbocycles. The monoisotopic (exact) mass is 392 g/mol. The van der Waals surface area contributed by atoms with E-state index < -0.39 is 0 Å². The zero-order valence-electron chi connectivity index (χ0n) is 17.6. The highest BCUT2D eigenvalue weighted by atomic mass is 19.1. The Kier molecular flexibility index (Phi) is 8.60. The van der Waals surface area contributed by atoms with Gasteiger partial charge in [-0.15, -0.1) is 0 Å². The van der Waals surface area contributed by atoms with E-state index in [1.807, 2.05) is 0 Å². The van der Waals surface area contributed by atoms with Crippen molar-refractivity contribution < 1.29 is 4.39 Å². The van der Waals surface area contributed by atoms with Crippen molar-refractivity contribution >= 4 is 12.4 Å². The lowest BCUT2D eigenvalue weighted by molar-refractivity contribution is 0.302. The molecule has 0 spiro atoms. The van der Waals surface area contributed by atoms with Gasteiger partial charge in [-0.2, -0.15) is 10.2 Å². The van der Waals surface area contributed by atoms with Crippen molar-refractivity contribution in [3.8, 4) is 0 Å². The van der Waals surface area contributed by atoms with Crippen LogP contribution in [0.1, 0.15) is 87.3 Å². The van der Waals surface area contributed by atoms with Gasteiger partial charge >= 0.3 is 0 Å². The molecular formula is C26H33FN2. The van der Waals surface area contributed by atoms with Crippen LogP contribution in [0, 0.1) is 11.7 Å². The van der Waals surface area contributed by atoms with Crippen LogP contribution in [0.4, 0.5) is 4.39 Å². The minimum Gasteiger partial charge on any atom is -0.207 e. The Morgan fingerprint density at radius 2 is 1.38 bits per heavy atom. The summed E-state index contributed by atoms with van der Waals surface area (Å²) < 4.78 is 12.9. The molecule has 0 bridgehead atoms. The molecule has 0 aromatic heterocycles. The molecule has 0 unspecified atom stereocenters. The number of hydrogen-bond acceptors (Lipinski definition) is 2. The van der Waals surface area contributed by atoms with E-state index in [-0.39, 0.29) is 5.82 Å². The van der Waals surface area contributed by atoms with E-state index in [0.717, 1.165) is 17.0 Å². The molecule has 154 valence electrons. The van der Waals surface area contributed by atoms with E-state index in [1.165, 1.54) is 75.5 Å². The molecule has 0 atom stereocenters. The third-order valence-corrected chi connectivity index (χ3v) is 6.07. The van der Waals surface area contributed by atoms with Gasteiger partial charge in [-0.3, -0.25) is 0 Å². The average Bonchev–Trinajstić information content (AvgIpc) is 2.76. The standard InChI is InChI=1S/C26H33FN2/c1-2-3-4-5-6-21-7-13-24(14-8-21)25-15-9-22(10-16-25)19-28-29-20-23-11-17-26(27)18-12-23/h9-12,15-21,24H,2-8,13-14H2,1H3/b28-19+,29-20+. The predicted molar refractivity (Wildman–Crippen MR) is 121 cm³/mol. The highest BCUT2D eigenvalue weighted by Gasteiger charge is 2.21. The smallest absolute Gasteiger partial charge is 0.123 e. The molecule has 3 heteroatoms. The molecule has 3 rings (SSSR count). The number of unbranched alkanes of at least 4 members (excludes halogenated alkanes) is 3. The van der Waals surface area contributed by atoms with E-state index >= 15 is 0 Å². The Bertz CT molecular complexity index is 769. The minimum absolute atomic E-state index is 0.244. The fourth-order valence-electron chi connectivity index (χ4n) is 4.25. The number of rotatable bonds is 9. The van der Waals surface area contributed by atoms with Gasteiger partial charge in [0, 0.05) is 0 Å². The van der Waals surface area contributed by atoms with E-state index in [9.17, 15) is 4.39 Å². The predicted octanol–water partition coefficient (Wildman–Crippen LogP) is 7.52. The first-order chi connectivity index (χ1) is 14.2. The largest absolute Gasteiger partial charge is 0.207 e. The molecule has 0 aliphatic heterocycles. The fourth-order valence-corrected chi connectivity index (χ4v) is 4.25. The van der Waals surface area contributed by atoms with Gasteiger partial charge in [0.25, 0.3) is 0 Å². The number of benzene rings is 2. The summed E-state index contributed by atoms with van der Waals surface area (Å²) in [5, 5.41) is 8.15. The average molecular weight is 393 g/mol. The molecule has 2 aromatic carbocycles. The van der Waals surface area contributed by atoms with Crippen LogP contribution in [0.5, 0.6) is 0 Å². The van der Waals surface area contributed by atoms with Crippen molar-refractivity contribution in [1.29, 1.82) is 0 Å². The molecule has 29 heavy (non-hydrogen) atoms. The first kappa shape index (κ1) is 21.4. The van der Waals surface area contributed by atoms with Crippen molar-refractivity contribution in [1.82, 2.24) is 0 Å². The first-order valence-corrected chi connectivity index (χ1v) is 11.2. The summed E-state index contributed by atoms with van der Waals surface area (Å²) in [6.07, 6.45) is 15.8. The molecule has 0 radical (unpaired) electrons. The summed E-state index contributed by atoms with van der Waals surface area (Å²) in [4.78, 5) is 0. The topological polar surface area (TPSA) is 24.7 Å². The van der Waals surface area contributed by atoms with Crippen LogP contribution in [0.25, 0.3) is 0 Å². The normalized spacial score (nSPS) is 19.9. The van der Waals surface area contributed by atoms with Gasteiger partial charge in [-0.1, -0.05) is 75.4 Å². The summed E-state index contributed by atoms with van der Waals surface area (Å²) in [5.74, 6) is 1.42. The molecule has 2 aromatic rings. The van der Waals surface area contributed by atoms with Crippen molar-refractivity contribution in [3.63, 3.8) is 0 Å². The Labute approximate surface area is 175 Å². The Hall–Kier alpha value is -2.29. The van der Waals surface area contributed by atoms with Crippen LogP contribution >= 0.6 is 0 Å². The highest BCUT2D eigenvalue weighted by molar-refractivity contribution is 5.82. The molecule has 1 aliphatic rings. The second-order valence-electron chi connectivity index (χ2n) is 8.27. The Morgan fingerprint density at radius 3 is 1.97 bits per heavy atom. The molecule has 0 saturated heterocycles. The molecule has 0 amide bonds. The Balaban J connectivity index is 1.43. The van der Waals surface area contributed by atoms with Crippen LogP contribution in [0.15, 0.2) is 58.7 Å². The number of nitrogens with zero attached hydrogens (tertiary/aromatic N) is 2. The highest BCUT2D eigenvalue weighted by Crippen LogP contribution is 2.37. The maximum Gasteiger partial charge on any atom is 0.123 e. The minimum atomic E-state index is -0.244. The number of halogens is 1. The van der Waals surface area contributed by atoms with Crippen molar-refractivity contribution in [2.45, 2.75) is 70.6 Å². The van der Waals surface area contributed by atoms with Gasteiger partial charge in [0.05, 0.1) is 12.4 Å². The van der Waals surface area contributed by atoms with Crippen molar-refractivity contribution in [3.05, 3.63) is 71.0 Å². The van der Waals surface area contributed by atoms with E-state index in [1.54, 1.807) is 24.6 Å². The zero-order chi connectivity index (χ0) is 20.3. The van der Waals surface area contributed by atoms with E-state index in [0.29, 0.717) is 5.92 Å². The quantitative estimate of drug-likeness (QED) is 0.239. The Morgan fingerprint density at radius 1 is 0.793 bits per heavy atom. The van der Waals surface area contributed by atoms with Crippen molar-refractivity contribution in [2.75, 3.05) is 0 Å². The summed E-state index contributed by atoms with van der Waals surface area (Å²) in [7, 11) is 0. The third-order valence-electron chi connectivity index (χ3n) is 6.07. The lowest BCUT2D eigenvalue weighted by atomic mass is 9.77. The van der Waals surface area contributed by atoms with E-state index in [2.05, 4.69) is 41.4 Å². The van der Waals surface area contributed by atoms with Crippen LogP contribution in [-0.2, 0) is 0 Å². The number of hydrogen-bond donors (Lipinski definition) is 0. The first-order valence-electron chi connectivity index (χ1n) is 11.2. The van der Waals surface area contributed by atoms with Gasteiger partial charge in [-0.25, -0.2) is 4.39 Å². The SMILES string of the molecule is CCCCCCC1CCC(c2ccc(/C=N/N=C/c3ccc(F)cc3)cc2)CC1. The lowest BCUT2D eigenvalue weighted by Crippen LogP contribution is -2.13. The third kappa shape index (κ3) is 7.23. The summed E-state index contributed by atoms with van der Waals surface area (Å²) >= 11 is 0. The lowest BCUT2D eigenvalue weighted by Gasteiger charge is -2.29. The molecule has 1 saturated carbocycles. The maximum atomic E-state index is 12.9. The van der Waals surface area contributed by atoms with Gasteiger partial charge in [0.2, 0.25) is 0 Å². The molecule has 2 nitrogen and oxygen atoms in total. The van der Waals surface area contributed by atoms with Gasteiger partial charge in [0.15, 0.2) is 0 Å².